The minimum Gasteiger partial charge on any atom is -0.448 e. The van der Waals surface area contributed by atoms with Crippen LogP contribution in [0.5, 0.6) is 0 Å². The molecule has 1 fully saturated rings. The normalized spacial score (nSPS) is 14.0. The number of amides is 1. The van der Waals surface area contributed by atoms with E-state index in [-0.39, 0.29) is 6.09 Å². The third-order valence-corrected chi connectivity index (χ3v) is 5.93. The van der Waals surface area contributed by atoms with E-state index in [2.05, 4.69) is 54.1 Å². The first kappa shape index (κ1) is 17.8. The Labute approximate surface area is 163 Å². The van der Waals surface area contributed by atoms with Gasteiger partial charge in [0.05, 0.1) is 17.2 Å². The number of carbonyl (C=O) groups excluding carboxylic acids is 1. The molecular formula is C21H23N3O2S. The van der Waals surface area contributed by atoms with Crippen molar-refractivity contribution in [2.24, 2.45) is 0 Å². The number of benzene rings is 1. The minimum atomic E-state index is -0.212. The molecular weight excluding hydrogens is 358 g/mol. The molecule has 27 heavy (non-hydrogen) atoms. The summed E-state index contributed by atoms with van der Waals surface area (Å²) in [7, 11) is 0. The number of nitrogens with zero attached hydrogens (tertiary/aromatic N) is 3. The van der Waals surface area contributed by atoms with Crippen molar-refractivity contribution >= 4 is 17.4 Å². The van der Waals surface area contributed by atoms with Crippen molar-refractivity contribution in [3.05, 3.63) is 63.7 Å². The molecule has 6 heteroatoms. The number of hydrogen-bond donors (Lipinski definition) is 0. The van der Waals surface area contributed by atoms with E-state index < -0.39 is 0 Å². The molecule has 2 aromatic heterocycles. The summed E-state index contributed by atoms with van der Waals surface area (Å²) in [6, 6.07) is 12.7. The van der Waals surface area contributed by atoms with Gasteiger partial charge in [0.1, 0.15) is 6.61 Å². The highest BCUT2D eigenvalue weighted by Gasteiger charge is 2.22. The summed E-state index contributed by atoms with van der Waals surface area (Å²) in [5.74, 6) is 0. The lowest BCUT2D eigenvalue weighted by Crippen LogP contribution is -2.26. The largest absolute Gasteiger partial charge is 0.448 e. The first-order valence-electron chi connectivity index (χ1n) is 9.19. The molecule has 0 aliphatic carbocycles. The number of aryl methyl sites for hydroxylation is 1. The van der Waals surface area contributed by atoms with Crippen molar-refractivity contribution in [1.82, 2.24) is 14.5 Å². The summed E-state index contributed by atoms with van der Waals surface area (Å²) in [4.78, 5) is 18.1. The van der Waals surface area contributed by atoms with Crippen LogP contribution in [-0.2, 0) is 17.7 Å². The molecule has 4 rings (SSSR count). The van der Waals surface area contributed by atoms with E-state index in [1.54, 1.807) is 16.2 Å². The number of ether oxygens (including phenoxy) is 1. The Morgan fingerprint density at radius 2 is 2.04 bits per heavy atom. The maximum atomic E-state index is 11.5. The number of rotatable bonds is 6. The van der Waals surface area contributed by atoms with Gasteiger partial charge in [0, 0.05) is 41.8 Å². The molecule has 1 aliphatic heterocycles. The van der Waals surface area contributed by atoms with Gasteiger partial charge in [-0.15, -0.1) is 11.3 Å². The fraction of sp³-hybridized carbons (Fsp3) is 0.333. The second kappa shape index (κ2) is 7.56. The number of thiazole rings is 1. The summed E-state index contributed by atoms with van der Waals surface area (Å²) in [5, 5.41) is 3.17. The fourth-order valence-electron chi connectivity index (χ4n) is 3.48. The molecule has 1 amide bonds. The number of hydrogen-bond acceptors (Lipinski definition) is 4. The summed E-state index contributed by atoms with van der Waals surface area (Å²) in [5.41, 5.74) is 5.97. The Bertz CT molecular complexity index is 946. The summed E-state index contributed by atoms with van der Waals surface area (Å²) >= 11 is 1.66. The van der Waals surface area contributed by atoms with Gasteiger partial charge in [-0.3, -0.25) is 0 Å². The fourth-order valence-corrected chi connectivity index (χ4v) is 4.27. The molecule has 0 bridgehead atoms. The Kier molecular flexibility index (Phi) is 4.99. The highest BCUT2D eigenvalue weighted by molar-refractivity contribution is 7.09. The van der Waals surface area contributed by atoms with Crippen molar-refractivity contribution in [3.8, 4) is 11.3 Å². The van der Waals surface area contributed by atoms with Crippen molar-refractivity contribution in [1.29, 1.82) is 0 Å². The lowest BCUT2D eigenvalue weighted by Gasteiger charge is -2.10. The quantitative estimate of drug-likeness (QED) is 0.641. The van der Waals surface area contributed by atoms with E-state index in [0.717, 1.165) is 23.7 Å². The van der Waals surface area contributed by atoms with Crippen LogP contribution in [-0.4, -0.2) is 40.2 Å². The second-order valence-corrected chi connectivity index (χ2v) is 7.78. The van der Waals surface area contributed by atoms with Crippen LogP contribution in [0.4, 0.5) is 4.79 Å². The zero-order valence-electron chi connectivity index (χ0n) is 15.6. The number of cyclic esters (lactones) is 1. The van der Waals surface area contributed by atoms with Gasteiger partial charge in [-0.2, -0.15) is 0 Å². The summed E-state index contributed by atoms with van der Waals surface area (Å²) in [6.45, 7) is 7.01. The van der Waals surface area contributed by atoms with E-state index in [1.165, 1.54) is 22.5 Å². The van der Waals surface area contributed by atoms with Gasteiger partial charge in [-0.05, 0) is 25.5 Å². The maximum Gasteiger partial charge on any atom is 0.409 e. The van der Waals surface area contributed by atoms with Crippen LogP contribution in [0.2, 0.25) is 0 Å². The molecule has 5 nitrogen and oxygen atoms in total. The number of aromatic nitrogens is 2. The predicted molar refractivity (Wildman–Crippen MR) is 107 cm³/mol. The van der Waals surface area contributed by atoms with Crippen LogP contribution in [0.15, 0.2) is 41.8 Å². The van der Waals surface area contributed by atoms with Gasteiger partial charge < -0.3 is 14.2 Å². The van der Waals surface area contributed by atoms with E-state index in [0.29, 0.717) is 19.7 Å². The monoisotopic (exact) mass is 381 g/mol. The molecule has 3 aromatic rings. The highest BCUT2D eigenvalue weighted by atomic mass is 32.1. The molecule has 0 atom stereocenters. The van der Waals surface area contributed by atoms with E-state index in [1.807, 2.05) is 6.07 Å². The molecule has 3 heterocycles. The zero-order valence-corrected chi connectivity index (χ0v) is 16.5. The molecule has 0 N–H and O–H groups in total. The van der Waals surface area contributed by atoms with Crippen LogP contribution >= 0.6 is 11.3 Å². The van der Waals surface area contributed by atoms with Gasteiger partial charge in [-0.25, -0.2) is 9.78 Å². The van der Waals surface area contributed by atoms with Crippen LogP contribution in [0.25, 0.3) is 11.3 Å². The third kappa shape index (κ3) is 3.76. The second-order valence-electron chi connectivity index (χ2n) is 6.83. The van der Waals surface area contributed by atoms with Gasteiger partial charge in [0.25, 0.3) is 0 Å². The molecule has 0 unspecified atom stereocenters. The van der Waals surface area contributed by atoms with Crippen LogP contribution in [0.1, 0.15) is 22.0 Å². The predicted octanol–water partition coefficient (Wildman–Crippen LogP) is 4.27. The van der Waals surface area contributed by atoms with Crippen molar-refractivity contribution in [2.75, 3.05) is 19.7 Å². The van der Waals surface area contributed by atoms with Crippen LogP contribution in [0, 0.1) is 13.8 Å². The average molecular weight is 382 g/mol. The van der Waals surface area contributed by atoms with Crippen LogP contribution in [0.3, 0.4) is 0 Å². The Hall–Kier alpha value is -2.60. The highest BCUT2D eigenvalue weighted by Crippen LogP contribution is 2.29. The smallest absolute Gasteiger partial charge is 0.409 e. The van der Waals surface area contributed by atoms with E-state index in [4.69, 9.17) is 9.72 Å². The van der Waals surface area contributed by atoms with Crippen molar-refractivity contribution in [3.63, 3.8) is 0 Å². The van der Waals surface area contributed by atoms with Gasteiger partial charge in [0.15, 0.2) is 0 Å². The topological polar surface area (TPSA) is 47.4 Å². The average Bonchev–Trinajstić information content (AvgIpc) is 3.37. The third-order valence-electron chi connectivity index (χ3n) is 5.03. The first-order valence-corrected chi connectivity index (χ1v) is 10.1. The Balaban J connectivity index is 1.50. The zero-order chi connectivity index (χ0) is 18.8. The molecule has 0 spiro atoms. The van der Waals surface area contributed by atoms with Gasteiger partial charge in [0.2, 0.25) is 0 Å². The lowest BCUT2D eigenvalue weighted by molar-refractivity contribution is 0.159. The standard InChI is InChI=1S/C21H23N3O2S/c1-15-12-18(16(2)24(15)13-17-6-4-3-5-7-17)19-14-27-20(22-19)8-9-23-10-11-26-21(23)25/h3-7,12,14H,8-11,13H2,1-2H3. The first-order chi connectivity index (χ1) is 13.1. The number of carbonyl (C=O) groups is 1. The van der Waals surface area contributed by atoms with Crippen molar-refractivity contribution < 1.29 is 9.53 Å². The van der Waals surface area contributed by atoms with E-state index in [9.17, 15) is 4.79 Å². The van der Waals surface area contributed by atoms with Gasteiger partial charge >= 0.3 is 6.09 Å². The van der Waals surface area contributed by atoms with E-state index >= 15 is 0 Å². The van der Waals surface area contributed by atoms with Crippen LogP contribution < -0.4 is 0 Å². The molecule has 140 valence electrons. The molecule has 1 saturated heterocycles. The Morgan fingerprint density at radius 1 is 1.22 bits per heavy atom. The molecule has 1 aliphatic rings. The lowest BCUT2D eigenvalue weighted by atomic mass is 10.2. The summed E-state index contributed by atoms with van der Waals surface area (Å²) in [6.07, 6.45) is 0.555. The minimum absolute atomic E-state index is 0.212. The molecule has 0 saturated carbocycles. The van der Waals surface area contributed by atoms with Gasteiger partial charge in [-0.1, -0.05) is 30.3 Å². The molecule has 1 aromatic carbocycles. The maximum absolute atomic E-state index is 11.5. The summed E-state index contributed by atoms with van der Waals surface area (Å²) < 4.78 is 7.31. The Morgan fingerprint density at radius 3 is 2.78 bits per heavy atom. The molecule has 0 radical (unpaired) electrons. The van der Waals surface area contributed by atoms with Crippen molar-refractivity contribution in [2.45, 2.75) is 26.8 Å². The SMILES string of the molecule is Cc1cc(-c2csc(CCN3CCOC3=O)n2)c(C)n1Cc1ccccc1.